The van der Waals surface area contributed by atoms with Gasteiger partial charge >= 0.3 is 0 Å². The van der Waals surface area contributed by atoms with Crippen molar-refractivity contribution in [3.8, 4) is 39.1 Å². The Morgan fingerprint density at radius 2 is 0.914 bits per heavy atom. The molecule has 3 nitrogen and oxygen atoms in total. The molecule has 9 aromatic rings. The van der Waals surface area contributed by atoms with Crippen molar-refractivity contribution in [1.82, 2.24) is 4.57 Å². The lowest BCUT2D eigenvalue weighted by molar-refractivity contribution is 0.660. The number of anilines is 3. The van der Waals surface area contributed by atoms with Crippen LogP contribution < -0.4 is 4.90 Å². The third kappa shape index (κ3) is 4.92. The minimum atomic E-state index is -0.114. The summed E-state index contributed by atoms with van der Waals surface area (Å²) < 4.78 is 2.30. The zero-order chi connectivity index (χ0) is 39.3. The van der Waals surface area contributed by atoms with Crippen molar-refractivity contribution in [3.63, 3.8) is 0 Å². The van der Waals surface area contributed by atoms with Crippen molar-refractivity contribution in [2.24, 2.45) is 0 Å². The first-order valence-electron chi connectivity index (χ1n) is 20.1. The third-order valence-corrected chi connectivity index (χ3v) is 13.0. The molecule has 0 fully saturated rings. The van der Waals surface area contributed by atoms with E-state index in [2.05, 4.69) is 200 Å². The molecule has 0 saturated heterocycles. The lowest BCUT2D eigenvalue weighted by atomic mass is 9.82. The maximum atomic E-state index is 7.74. The summed E-state index contributed by atoms with van der Waals surface area (Å²) in [5.41, 5.74) is 20.2. The fourth-order valence-electron chi connectivity index (χ4n) is 10.0. The van der Waals surface area contributed by atoms with Crippen LogP contribution in [0.4, 0.5) is 22.7 Å². The van der Waals surface area contributed by atoms with Gasteiger partial charge in [-0.05, 0) is 134 Å². The van der Waals surface area contributed by atoms with Crippen LogP contribution in [0.3, 0.4) is 0 Å². The van der Waals surface area contributed by atoms with E-state index in [0.29, 0.717) is 5.69 Å². The summed E-state index contributed by atoms with van der Waals surface area (Å²) in [6.07, 6.45) is 0. The van der Waals surface area contributed by atoms with Gasteiger partial charge in [0.15, 0.2) is 5.69 Å². The first kappa shape index (κ1) is 34.1. The molecule has 0 radical (unpaired) electrons. The van der Waals surface area contributed by atoms with Crippen LogP contribution in [-0.2, 0) is 10.8 Å². The Labute approximate surface area is 339 Å². The van der Waals surface area contributed by atoms with Crippen LogP contribution in [0, 0.1) is 6.57 Å². The number of benzene rings is 8. The molecule has 2 aliphatic carbocycles. The van der Waals surface area contributed by atoms with E-state index in [4.69, 9.17) is 6.57 Å². The molecule has 0 amide bonds. The minimum absolute atomic E-state index is 0.114. The molecule has 8 aromatic carbocycles. The number of aromatic nitrogens is 1. The van der Waals surface area contributed by atoms with Gasteiger partial charge in [0.05, 0.1) is 17.6 Å². The molecule has 0 spiro atoms. The Bertz CT molecular complexity index is 3070. The summed E-state index contributed by atoms with van der Waals surface area (Å²) in [6.45, 7) is 17.2. The van der Waals surface area contributed by atoms with Gasteiger partial charge in [0.2, 0.25) is 0 Å². The Kier molecular flexibility index (Phi) is 7.31. The molecule has 0 atom stereocenters. The van der Waals surface area contributed by atoms with Gasteiger partial charge in [0.25, 0.3) is 0 Å². The zero-order valence-electron chi connectivity index (χ0n) is 33.1. The standard InChI is InChI=1S/C55H41N3/c1-54(2)48-17-11-9-15-42(48)44-27-25-40(33-50(44)54)57(41-26-28-45-43-16-10-12-18-49(43)55(3,4)51(45)34-41)39-23-19-35(20-24-39)36-21-29-52-46(31-36)47-32-37(56-5)22-30-53(47)58(52)38-13-7-6-8-14-38/h6-34H,1-4H3. The second kappa shape index (κ2) is 12.4. The monoisotopic (exact) mass is 743 g/mol. The molecule has 1 aromatic heterocycles. The predicted octanol–water partition coefficient (Wildman–Crippen LogP) is 15.1. The minimum Gasteiger partial charge on any atom is -0.310 e. The Balaban J connectivity index is 1.05. The van der Waals surface area contributed by atoms with Gasteiger partial charge in [0, 0.05) is 39.0 Å². The highest BCUT2D eigenvalue weighted by atomic mass is 15.1. The summed E-state index contributed by atoms with van der Waals surface area (Å²) in [7, 11) is 0. The van der Waals surface area contributed by atoms with E-state index in [1.165, 1.54) is 44.5 Å². The Morgan fingerprint density at radius 3 is 1.50 bits per heavy atom. The van der Waals surface area contributed by atoms with Crippen molar-refractivity contribution >= 4 is 44.6 Å². The van der Waals surface area contributed by atoms with E-state index >= 15 is 0 Å². The summed E-state index contributed by atoms with van der Waals surface area (Å²) in [6, 6.07) is 64.1. The summed E-state index contributed by atoms with van der Waals surface area (Å²) in [5.74, 6) is 0. The number of fused-ring (bicyclic) bond motifs is 9. The van der Waals surface area contributed by atoms with Crippen LogP contribution in [0.2, 0.25) is 0 Å². The van der Waals surface area contributed by atoms with Gasteiger partial charge in [-0.1, -0.05) is 131 Å². The number of rotatable bonds is 5. The molecule has 58 heavy (non-hydrogen) atoms. The normalized spacial score (nSPS) is 14.1. The zero-order valence-corrected chi connectivity index (χ0v) is 33.1. The topological polar surface area (TPSA) is 12.5 Å². The molecule has 0 bridgehead atoms. The number of para-hydroxylation sites is 1. The third-order valence-electron chi connectivity index (χ3n) is 13.0. The second-order valence-electron chi connectivity index (χ2n) is 16.9. The van der Waals surface area contributed by atoms with E-state index in [0.717, 1.165) is 55.7 Å². The average Bonchev–Trinajstić information content (AvgIpc) is 3.80. The Hall–Kier alpha value is -7.15. The highest BCUT2D eigenvalue weighted by Gasteiger charge is 2.37. The molecule has 11 rings (SSSR count). The first-order valence-corrected chi connectivity index (χ1v) is 20.1. The maximum Gasteiger partial charge on any atom is 0.188 e. The average molecular weight is 744 g/mol. The smallest absolute Gasteiger partial charge is 0.188 e. The van der Waals surface area contributed by atoms with Crippen molar-refractivity contribution in [3.05, 3.63) is 210 Å². The van der Waals surface area contributed by atoms with Crippen molar-refractivity contribution in [2.45, 2.75) is 38.5 Å². The highest BCUT2D eigenvalue weighted by Crippen LogP contribution is 2.53. The van der Waals surface area contributed by atoms with Crippen LogP contribution >= 0.6 is 0 Å². The van der Waals surface area contributed by atoms with Gasteiger partial charge < -0.3 is 9.47 Å². The maximum absolute atomic E-state index is 7.74. The lowest BCUT2D eigenvalue weighted by Gasteiger charge is -2.30. The van der Waals surface area contributed by atoms with E-state index in [1.807, 2.05) is 18.2 Å². The largest absolute Gasteiger partial charge is 0.310 e. The van der Waals surface area contributed by atoms with Gasteiger partial charge in [-0.15, -0.1) is 0 Å². The van der Waals surface area contributed by atoms with Crippen molar-refractivity contribution in [2.75, 3.05) is 4.90 Å². The van der Waals surface area contributed by atoms with Crippen LogP contribution in [0.15, 0.2) is 176 Å². The van der Waals surface area contributed by atoms with E-state index < -0.39 is 0 Å². The fourth-order valence-corrected chi connectivity index (χ4v) is 10.0. The van der Waals surface area contributed by atoms with E-state index in [-0.39, 0.29) is 10.8 Å². The molecular weight excluding hydrogens is 703 g/mol. The predicted molar refractivity (Wildman–Crippen MR) is 242 cm³/mol. The first-order chi connectivity index (χ1) is 28.2. The second-order valence-corrected chi connectivity index (χ2v) is 16.9. The number of hydrogen-bond acceptors (Lipinski definition) is 1. The van der Waals surface area contributed by atoms with Crippen LogP contribution in [0.1, 0.15) is 49.9 Å². The Morgan fingerprint density at radius 1 is 0.431 bits per heavy atom. The van der Waals surface area contributed by atoms with Crippen molar-refractivity contribution in [1.29, 1.82) is 0 Å². The summed E-state index contributed by atoms with van der Waals surface area (Å²) in [5, 5.41) is 2.22. The quantitative estimate of drug-likeness (QED) is 0.160. The van der Waals surface area contributed by atoms with Gasteiger partial charge in [-0.2, -0.15) is 0 Å². The summed E-state index contributed by atoms with van der Waals surface area (Å²) >= 11 is 0. The van der Waals surface area contributed by atoms with Gasteiger partial charge in [-0.3, -0.25) is 0 Å². The number of nitrogens with zero attached hydrogens (tertiary/aromatic N) is 3. The highest BCUT2D eigenvalue weighted by molar-refractivity contribution is 6.11. The molecule has 3 heteroatoms. The van der Waals surface area contributed by atoms with Gasteiger partial charge in [0.1, 0.15) is 0 Å². The molecule has 1 heterocycles. The van der Waals surface area contributed by atoms with Crippen LogP contribution in [0.5, 0.6) is 0 Å². The molecule has 0 aliphatic heterocycles. The van der Waals surface area contributed by atoms with Crippen LogP contribution in [0.25, 0.3) is 65.7 Å². The summed E-state index contributed by atoms with van der Waals surface area (Å²) in [4.78, 5) is 6.21. The van der Waals surface area contributed by atoms with Crippen molar-refractivity contribution < 1.29 is 0 Å². The molecule has 2 aliphatic rings. The van der Waals surface area contributed by atoms with E-state index in [9.17, 15) is 0 Å². The number of hydrogen-bond donors (Lipinski definition) is 0. The molecule has 276 valence electrons. The lowest BCUT2D eigenvalue weighted by Crippen LogP contribution is -2.18. The van der Waals surface area contributed by atoms with Gasteiger partial charge in [-0.25, -0.2) is 4.85 Å². The molecule has 0 saturated carbocycles. The van der Waals surface area contributed by atoms with E-state index in [1.54, 1.807) is 0 Å². The molecular formula is C55H41N3. The fraction of sp³-hybridized carbons (Fsp3) is 0.109. The SMILES string of the molecule is [C-]#[N+]c1ccc2c(c1)c1cc(-c3ccc(N(c4ccc5c(c4)C(C)(C)c4ccccc4-5)c4ccc5c(c4)C(C)(C)c4ccccc4-5)cc3)ccc1n2-c1ccccc1. The molecule has 0 unspecified atom stereocenters. The molecule has 0 N–H and O–H groups in total. The van der Waals surface area contributed by atoms with Crippen LogP contribution in [-0.4, -0.2) is 4.57 Å².